The van der Waals surface area contributed by atoms with Crippen LogP contribution in [-0.4, -0.2) is 89.0 Å². The van der Waals surface area contributed by atoms with E-state index in [0.29, 0.717) is 39.1 Å². The Hall–Kier alpha value is -0.940. The first kappa shape index (κ1) is 23.1. The maximum Gasteiger partial charge on any atom is 0.410 e. The summed E-state index contributed by atoms with van der Waals surface area (Å²) < 4.78 is 44.6. The van der Waals surface area contributed by atoms with Crippen LogP contribution in [0.4, 0.5) is 4.79 Å². The van der Waals surface area contributed by atoms with Gasteiger partial charge < -0.3 is 19.1 Å². The summed E-state index contributed by atoms with van der Waals surface area (Å²) in [5, 5.41) is 0. The van der Waals surface area contributed by atoms with Crippen LogP contribution in [-0.2, 0) is 24.4 Å². The largest absolute Gasteiger partial charge is 0.444 e. The topological polar surface area (TPSA) is 97.4 Å². The Bertz CT molecular complexity index is 519. The summed E-state index contributed by atoms with van der Waals surface area (Å²) in [6.07, 6.45) is 0.725. The van der Waals surface area contributed by atoms with Gasteiger partial charge in [0.1, 0.15) is 5.60 Å². The average molecular weight is 396 g/mol. The molecule has 0 aliphatic carbocycles. The molecule has 0 bridgehead atoms. The van der Waals surface area contributed by atoms with Crippen LogP contribution in [0, 0.1) is 0 Å². The van der Waals surface area contributed by atoms with Crippen LogP contribution in [0.5, 0.6) is 0 Å². The van der Waals surface area contributed by atoms with Gasteiger partial charge in [0.15, 0.2) is 0 Å². The molecule has 1 N–H and O–H groups in total. The lowest BCUT2D eigenvalue weighted by Gasteiger charge is -2.34. The summed E-state index contributed by atoms with van der Waals surface area (Å²) in [5.41, 5.74) is -0.543. The Morgan fingerprint density at radius 3 is 2.04 bits per heavy atom. The van der Waals surface area contributed by atoms with Crippen molar-refractivity contribution < 1.29 is 27.4 Å². The van der Waals surface area contributed by atoms with Crippen LogP contribution in [0.3, 0.4) is 0 Å². The molecule has 10 heteroatoms. The zero-order valence-corrected chi connectivity index (χ0v) is 17.3. The maximum atomic E-state index is 12.6. The third-order valence-corrected chi connectivity index (χ3v) is 5.57. The van der Waals surface area contributed by atoms with Gasteiger partial charge in [-0.05, 0) is 33.6 Å². The van der Waals surface area contributed by atoms with Crippen molar-refractivity contribution in [3.63, 3.8) is 0 Å². The van der Waals surface area contributed by atoms with Crippen molar-refractivity contribution in [2.75, 3.05) is 53.6 Å². The van der Waals surface area contributed by atoms with E-state index in [0.717, 1.165) is 0 Å². The molecule has 9 nitrogen and oxygen atoms in total. The highest BCUT2D eigenvalue weighted by molar-refractivity contribution is 7.87. The second-order valence-corrected chi connectivity index (χ2v) is 8.95. The number of ether oxygens (including phenoxy) is 3. The van der Waals surface area contributed by atoms with Gasteiger partial charge in [-0.15, -0.1) is 0 Å². The molecule has 1 fully saturated rings. The lowest BCUT2D eigenvalue weighted by atomic mass is 10.1. The van der Waals surface area contributed by atoms with Gasteiger partial charge in [0.05, 0.1) is 13.2 Å². The second kappa shape index (κ2) is 10.4. The van der Waals surface area contributed by atoms with E-state index in [2.05, 4.69) is 4.72 Å². The number of likely N-dealkylation sites (tertiary alicyclic amines) is 1. The predicted molar refractivity (Wildman–Crippen MR) is 98.2 cm³/mol. The molecule has 154 valence electrons. The fourth-order valence-corrected chi connectivity index (χ4v) is 3.97. The van der Waals surface area contributed by atoms with E-state index in [1.807, 2.05) is 20.8 Å². The van der Waals surface area contributed by atoms with E-state index in [4.69, 9.17) is 14.2 Å². The number of hydrogen-bond acceptors (Lipinski definition) is 6. The van der Waals surface area contributed by atoms with E-state index in [9.17, 15) is 13.2 Å². The Kier molecular flexibility index (Phi) is 9.25. The number of rotatable bonds is 9. The minimum atomic E-state index is -3.64. The van der Waals surface area contributed by atoms with Crippen LogP contribution in [0.25, 0.3) is 0 Å². The van der Waals surface area contributed by atoms with Crippen LogP contribution in [0.15, 0.2) is 0 Å². The number of nitrogens with one attached hydrogen (secondary N) is 1. The zero-order valence-electron chi connectivity index (χ0n) is 16.5. The van der Waals surface area contributed by atoms with Crippen LogP contribution in [0.1, 0.15) is 33.6 Å². The van der Waals surface area contributed by atoms with E-state index < -0.39 is 15.8 Å². The maximum absolute atomic E-state index is 12.6. The highest BCUT2D eigenvalue weighted by Gasteiger charge is 2.30. The molecule has 0 radical (unpaired) electrons. The minimum Gasteiger partial charge on any atom is -0.444 e. The highest BCUT2D eigenvalue weighted by atomic mass is 32.2. The smallest absolute Gasteiger partial charge is 0.410 e. The molecular formula is C16H33N3O6S. The first-order chi connectivity index (χ1) is 12.1. The number of carbonyl (C=O) groups excluding carboxylic acids is 1. The summed E-state index contributed by atoms with van der Waals surface area (Å²) >= 11 is 0. The van der Waals surface area contributed by atoms with Gasteiger partial charge in [-0.25, -0.2) is 4.79 Å². The zero-order chi connectivity index (χ0) is 19.8. The van der Waals surface area contributed by atoms with E-state index in [-0.39, 0.29) is 25.2 Å². The van der Waals surface area contributed by atoms with Gasteiger partial charge >= 0.3 is 6.09 Å². The number of nitrogens with zero attached hydrogens (tertiary/aromatic N) is 2. The molecule has 0 spiro atoms. The molecule has 1 aliphatic heterocycles. The van der Waals surface area contributed by atoms with Crippen molar-refractivity contribution in [2.45, 2.75) is 45.3 Å². The number of methoxy groups -OCH3 is 2. The van der Waals surface area contributed by atoms with Gasteiger partial charge in [0.25, 0.3) is 10.2 Å². The minimum absolute atomic E-state index is 0.216. The Balaban J connectivity index is 2.56. The summed E-state index contributed by atoms with van der Waals surface area (Å²) in [5.74, 6) is 0. The third kappa shape index (κ3) is 8.17. The number of hydrogen-bond donors (Lipinski definition) is 1. The fraction of sp³-hybridized carbons (Fsp3) is 0.938. The summed E-state index contributed by atoms with van der Waals surface area (Å²) in [6, 6.07) is -0.216. The van der Waals surface area contributed by atoms with E-state index in [1.54, 1.807) is 4.90 Å². The highest BCUT2D eigenvalue weighted by Crippen LogP contribution is 2.16. The number of carbonyl (C=O) groups is 1. The Morgan fingerprint density at radius 2 is 1.62 bits per heavy atom. The Labute approximate surface area is 157 Å². The quantitative estimate of drug-likeness (QED) is 0.621. The van der Waals surface area contributed by atoms with Crippen molar-refractivity contribution in [3.05, 3.63) is 0 Å². The van der Waals surface area contributed by atoms with Gasteiger partial charge in [0, 0.05) is 46.4 Å². The molecule has 1 aliphatic rings. The third-order valence-electron chi connectivity index (χ3n) is 3.89. The molecular weight excluding hydrogens is 362 g/mol. The lowest BCUT2D eigenvalue weighted by molar-refractivity contribution is 0.0203. The lowest BCUT2D eigenvalue weighted by Crippen LogP contribution is -2.52. The number of piperidine rings is 1. The first-order valence-electron chi connectivity index (χ1n) is 8.82. The number of amides is 1. The molecule has 1 rings (SSSR count). The van der Waals surface area contributed by atoms with Gasteiger partial charge in [0.2, 0.25) is 0 Å². The van der Waals surface area contributed by atoms with Crippen molar-refractivity contribution in [1.82, 2.24) is 13.9 Å². The standard InChI is InChI=1S/C16H33N3O6S/c1-16(2,3)25-15(20)18-8-6-14(7-9-18)17-26(21,22)19(10-12-23-4)11-13-24-5/h14,17H,6-13H2,1-5H3. The van der Waals surface area contributed by atoms with Gasteiger partial charge in [-0.3, -0.25) is 0 Å². The van der Waals surface area contributed by atoms with E-state index in [1.165, 1.54) is 18.5 Å². The van der Waals surface area contributed by atoms with Crippen LogP contribution in [0.2, 0.25) is 0 Å². The van der Waals surface area contributed by atoms with E-state index >= 15 is 0 Å². The monoisotopic (exact) mass is 395 g/mol. The van der Waals surface area contributed by atoms with Crippen LogP contribution >= 0.6 is 0 Å². The molecule has 0 aromatic rings. The van der Waals surface area contributed by atoms with Gasteiger partial charge in [-0.1, -0.05) is 0 Å². The summed E-state index contributed by atoms with van der Waals surface area (Å²) in [4.78, 5) is 13.7. The van der Waals surface area contributed by atoms with Crippen molar-refractivity contribution in [3.8, 4) is 0 Å². The molecule has 1 amide bonds. The van der Waals surface area contributed by atoms with Crippen molar-refractivity contribution in [1.29, 1.82) is 0 Å². The molecule has 1 heterocycles. The molecule has 0 atom stereocenters. The van der Waals surface area contributed by atoms with Crippen molar-refractivity contribution >= 4 is 16.3 Å². The molecule has 1 saturated heterocycles. The SMILES string of the molecule is COCCN(CCOC)S(=O)(=O)NC1CCN(C(=O)OC(C)(C)C)CC1. The first-order valence-corrected chi connectivity index (χ1v) is 10.3. The molecule has 0 unspecified atom stereocenters. The summed E-state index contributed by atoms with van der Waals surface area (Å²) in [6.45, 7) is 7.50. The summed E-state index contributed by atoms with van der Waals surface area (Å²) in [7, 11) is -0.587. The second-order valence-electron chi connectivity index (χ2n) is 7.25. The molecule has 0 saturated carbocycles. The Morgan fingerprint density at radius 1 is 1.12 bits per heavy atom. The molecule has 0 aromatic carbocycles. The fourth-order valence-electron chi connectivity index (χ4n) is 2.53. The molecule has 0 aromatic heterocycles. The van der Waals surface area contributed by atoms with Crippen LogP contribution < -0.4 is 4.72 Å². The van der Waals surface area contributed by atoms with Crippen molar-refractivity contribution in [2.24, 2.45) is 0 Å². The predicted octanol–water partition coefficient (Wildman–Crippen LogP) is 0.815. The van der Waals surface area contributed by atoms with Gasteiger partial charge in [-0.2, -0.15) is 17.4 Å². The average Bonchev–Trinajstić information content (AvgIpc) is 2.53. The molecule has 26 heavy (non-hydrogen) atoms. The normalized spacial score (nSPS) is 16.9.